The van der Waals surface area contributed by atoms with Crippen molar-refractivity contribution in [1.29, 1.82) is 0 Å². The van der Waals surface area contributed by atoms with Crippen molar-refractivity contribution in [2.75, 3.05) is 25.0 Å². The Labute approximate surface area is 146 Å². The van der Waals surface area contributed by atoms with E-state index in [0.717, 1.165) is 43.7 Å². The number of benzene rings is 2. The van der Waals surface area contributed by atoms with Crippen molar-refractivity contribution < 1.29 is 13.5 Å². The third kappa shape index (κ3) is 3.83. The predicted molar refractivity (Wildman–Crippen MR) is 93.4 cm³/mol. The number of rotatable bonds is 4. The number of nitrogens with zero attached hydrogens (tertiary/aromatic N) is 1. The maximum atomic E-state index is 13.3. The van der Waals surface area contributed by atoms with E-state index in [4.69, 9.17) is 4.74 Å². The molecule has 132 valence electrons. The summed E-state index contributed by atoms with van der Waals surface area (Å²) in [6.45, 7) is 3.31. The summed E-state index contributed by atoms with van der Waals surface area (Å²) < 4.78 is 32.5. The van der Waals surface area contributed by atoms with Crippen LogP contribution in [0.5, 0.6) is 0 Å². The third-order valence-electron chi connectivity index (χ3n) is 5.12. The molecule has 2 aromatic rings. The Morgan fingerprint density at radius 3 is 2.76 bits per heavy atom. The summed E-state index contributed by atoms with van der Waals surface area (Å²) in [5.41, 5.74) is 1.79. The van der Waals surface area contributed by atoms with E-state index in [0.29, 0.717) is 6.61 Å². The van der Waals surface area contributed by atoms with Gasteiger partial charge in [-0.15, -0.1) is 0 Å². The van der Waals surface area contributed by atoms with Gasteiger partial charge in [0.25, 0.3) is 0 Å². The van der Waals surface area contributed by atoms with Gasteiger partial charge in [-0.1, -0.05) is 18.2 Å². The number of likely N-dealkylation sites (tertiary alicyclic amines) is 1. The van der Waals surface area contributed by atoms with Crippen LogP contribution in [0.4, 0.5) is 14.5 Å². The van der Waals surface area contributed by atoms with E-state index < -0.39 is 0 Å². The van der Waals surface area contributed by atoms with Gasteiger partial charge in [0, 0.05) is 31.7 Å². The summed E-state index contributed by atoms with van der Waals surface area (Å²) >= 11 is 0. The van der Waals surface area contributed by atoms with E-state index in [9.17, 15) is 8.78 Å². The lowest BCUT2D eigenvalue weighted by Crippen LogP contribution is -2.33. The molecule has 2 aromatic carbocycles. The van der Waals surface area contributed by atoms with Crippen LogP contribution in [0.15, 0.2) is 48.5 Å². The molecule has 1 spiro atoms. The molecule has 3 nitrogen and oxygen atoms in total. The van der Waals surface area contributed by atoms with Gasteiger partial charge in [-0.25, -0.2) is 8.78 Å². The fourth-order valence-corrected chi connectivity index (χ4v) is 3.95. The smallest absolute Gasteiger partial charge is 0.125 e. The van der Waals surface area contributed by atoms with Crippen molar-refractivity contribution in [3.63, 3.8) is 0 Å². The topological polar surface area (TPSA) is 24.5 Å². The lowest BCUT2D eigenvalue weighted by Gasteiger charge is -2.23. The number of hydrogen-bond donors (Lipinski definition) is 1. The number of halogens is 2. The lowest BCUT2D eigenvalue weighted by atomic mass is 9.97. The molecule has 4 rings (SSSR count). The molecule has 0 aromatic heterocycles. The zero-order chi connectivity index (χ0) is 17.3. The monoisotopic (exact) mass is 344 g/mol. The minimum Gasteiger partial charge on any atom is -0.380 e. The second-order valence-electron chi connectivity index (χ2n) is 7.14. The molecule has 2 aliphatic rings. The average Bonchev–Trinajstić information content (AvgIpc) is 3.16. The van der Waals surface area contributed by atoms with Gasteiger partial charge in [0.2, 0.25) is 0 Å². The predicted octanol–water partition coefficient (Wildman–Crippen LogP) is 3.81. The summed E-state index contributed by atoms with van der Waals surface area (Å²) in [4.78, 5) is 2.36. The molecule has 2 atom stereocenters. The molecule has 1 N–H and O–H groups in total. The molecule has 0 bridgehead atoms. The number of nitrogens with one attached hydrogen (secondary N) is 1. The Morgan fingerprint density at radius 1 is 1.12 bits per heavy atom. The maximum absolute atomic E-state index is 13.3. The van der Waals surface area contributed by atoms with Crippen molar-refractivity contribution in [3.8, 4) is 0 Å². The first-order chi connectivity index (χ1) is 12.1. The zero-order valence-electron chi connectivity index (χ0n) is 14.1. The Morgan fingerprint density at radius 2 is 1.96 bits per heavy atom. The molecule has 0 aliphatic carbocycles. The molecule has 2 heterocycles. The van der Waals surface area contributed by atoms with Gasteiger partial charge in [-0.2, -0.15) is 0 Å². The molecule has 5 heteroatoms. The fraction of sp³-hybridized carbons (Fsp3) is 0.400. The number of anilines is 1. The van der Waals surface area contributed by atoms with Crippen LogP contribution in [-0.4, -0.2) is 36.2 Å². The Bertz CT molecular complexity index is 737. The highest BCUT2D eigenvalue weighted by molar-refractivity contribution is 5.44. The van der Waals surface area contributed by atoms with Crippen LogP contribution in [0, 0.1) is 11.6 Å². The van der Waals surface area contributed by atoms with E-state index in [1.54, 1.807) is 6.07 Å². The summed E-state index contributed by atoms with van der Waals surface area (Å²) in [7, 11) is 0. The van der Waals surface area contributed by atoms with Gasteiger partial charge in [0.1, 0.15) is 11.6 Å². The van der Waals surface area contributed by atoms with Gasteiger partial charge in [0.05, 0.1) is 18.2 Å². The van der Waals surface area contributed by atoms with Crippen molar-refractivity contribution in [1.82, 2.24) is 4.90 Å². The molecule has 0 saturated carbocycles. The highest BCUT2D eigenvalue weighted by atomic mass is 19.1. The molecular formula is C20H22F2N2O. The maximum Gasteiger partial charge on any atom is 0.125 e. The largest absolute Gasteiger partial charge is 0.380 e. The third-order valence-corrected chi connectivity index (χ3v) is 5.12. The van der Waals surface area contributed by atoms with Crippen molar-refractivity contribution in [2.45, 2.75) is 31.0 Å². The minimum absolute atomic E-state index is 0.120. The molecule has 25 heavy (non-hydrogen) atoms. The van der Waals surface area contributed by atoms with E-state index in [2.05, 4.69) is 10.2 Å². The van der Waals surface area contributed by atoms with E-state index in [-0.39, 0.29) is 23.3 Å². The van der Waals surface area contributed by atoms with Crippen LogP contribution >= 0.6 is 0 Å². The standard InChI is InChI=1S/C20H22F2N2O/c21-16-6-4-15(5-7-16)12-24-9-8-20(14-24)11-19(13-25-20)23-18-3-1-2-17(22)10-18/h1-7,10,19,23H,8-9,11-14H2/t19-,20+/m0/s1. The Hall–Kier alpha value is -1.98. The van der Waals surface area contributed by atoms with Crippen molar-refractivity contribution >= 4 is 5.69 Å². The highest BCUT2D eigenvalue weighted by Gasteiger charge is 2.45. The van der Waals surface area contributed by atoms with Crippen LogP contribution in [0.1, 0.15) is 18.4 Å². The molecule has 2 saturated heterocycles. The summed E-state index contributed by atoms with van der Waals surface area (Å²) in [6, 6.07) is 13.4. The Kier molecular flexibility index (Phi) is 4.44. The van der Waals surface area contributed by atoms with Gasteiger partial charge in [0.15, 0.2) is 0 Å². The second kappa shape index (κ2) is 6.73. The molecule has 0 amide bonds. The highest BCUT2D eigenvalue weighted by Crippen LogP contribution is 2.36. The van der Waals surface area contributed by atoms with E-state index in [1.807, 2.05) is 18.2 Å². The fourth-order valence-electron chi connectivity index (χ4n) is 3.95. The zero-order valence-corrected chi connectivity index (χ0v) is 14.1. The molecule has 0 unspecified atom stereocenters. The second-order valence-corrected chi connectivity index (χ2v) is 7.14. The van der Waals surface area contributed by atoms with Crippen LogP contribution in [-0.2, 0) is 11.3 Å². The minimum atomic E-state index is -0.232. The quantitative estimate of drug-likeness (QED) is 0.913. The van der Waals surface area contributed by atoms with Crippen LogP contribution in [0.2, 0.25) is 0 Å². The first kappa shape index (κ1) is 16.5. The normalized spacial score (nSPS) is 26.4. The summed E-state index contributed by atoms with van der Waals surface area (Å²) in [5.74, 6) is -0.433. The number of hydrogen-bond acceptors (Lipinski definition) is 3. The van der Waals surface area contributed by atoms with Crippen molar-refractivity contribution in [3.05, 3.63) is 65.7 Å². The van der Waals surface area contributed by atoms with E-state index in [1.165, 1.54) is 24.3 Å². The average molecular weight is 344 g/mol. The molecular weight excluding hydrogens is 322 g/mol. The molecule has 0 radical (unpaired) electrons. The van der Waals surface area contributed by atoms with Gasteiger partial charge in [-0.3, -0.25) is 4.90 Å². The van der Waals surface area contributed by atoms with Gasteiger partial charge < -0.3 is 10.1 Å². The lowest BCUT2D eigenvalue weighted by molar-refractivity contribution is 0.0120. The van der Waals surface area contributed by atoms with Gasteiger partial charge in [-0.05, 0) is 42.3 Å². The SMILES string of the molecule is Fc1ccc(CN2CC[C@@]3(C[C@H](Nc4cccc(F)c4)CO3)C2)cc1. The van der Waals surface area contributed by atoms with Crippen LogP contribution in [0.25, 0.3) is 0 Å². The van der Waals surface area contributed by atoms with Crippen LogP contribution < -0.4 is 5.32 Å². The molecule has 2 aliphatic heterocycles. The summed E-state index contributed by atoms with van der Waals surface area (Å²) in [6.07, 6.45) is 1.92. The van der Waals surface area contributed by atoms with E-state index >= 15 is 0 Å². The van der Waals surface area contributed by atoms with Crippen molar-refractivity contribution in [2.24, 2.45) is 0 Å². The Balaban J connectivity index is 1.34. The first-order valence-electron chi connectivity index (χ1n) is 8.73. The van der Waals surface area contributed by atoms with Crippen LogP contribution in [0.3, 0.4) is 0 Å². The summed E-state index contributed by atoms with van der Waals surface area (Å²) in [5, 5.41) is 3.38. The first-order valence-corrected chi connectivity index (χ1v) is 8.73. The number of ether oxygens (including phenoxy) is 1. The van der Waals surface area contributed by atoms with Gasteiger partial charge >= 0.3 is 0 Å². The molecule has 2 fully saturated rings.